The number of carbonyl (C=O) groups excluding carboxylic acids is 1. The number of nitrogens with zero attached hydrogens (tertiary/aromatic N) is 2. The lowest BCUT2D eigenvalue weighted by molar-refractivity contribution is 0.231. The number of rotatable bonds is 4. The zero-order valence-corrected chi connectivity index (χ0v) is 14.9. The molecule has 3 aromatic carbocycles. The molecule has 6 heteroatoms. The number of hydrogen-bond donors (Lipinski definition) is 2. The molecule has 2 N–H and O–H groups in total. The number of hydrogen-bond acceptors (Lipinski definition) is 4. The van der Waals surface area contributed by atoms with Crippen molar-refractivity contribution in [1.29, 1.82) is 0 Å². The van der Waals surface area contributed by atoms with Gasteiger partial charge in [0.2, 0.25) is 0 Å². The van der Waals surface area contributed by atoms with E-state index in [0.717, 1.165) is 22.7 Å². The van der Waals surface area contributed by atoms with Gasteiger partial charge in [-0.2, -0.15) is 0 Å². The Kier molecular flexibility index (Phi) is 4.74. The predicted molar refractivity (Wildman–Crippen MR) is 105 cm³/mol. The Balaban J connectivity index is 1.71. The maximum absolute atomic E-state index is 13.2. The van der Waals surface area contributed by atoms with Gasteiger partial charge in [-0.05, 0) is 42.0 Å². The van der Waals surface area contributed by atoms with E-state index >= 15 is 0 Å². The van der Waals surface area contributed by atoms with Crippen molar-refractivity contribution in [2.24, 2.45) is 0 Å². The number of anilines is 2. The average molecular weight is 360 g/mol. The zero-order chi connectivity index (χ0) is 18.6. The summed E-state index contributed by atoms with van der Waals surface area (Å²) in [6, 6.07) is 26.6. The van der Waals surface area contributed by atoms with Gasteiger partial charge in [0.1, 0.15) is 11.9 Å². The van der Waals surface area contributed by atoms with E-state index in [-0.39, 0.29) is 12.2 Å². The summed E-state index contributed by atoms with van der Waals surface area (Å²) in [7, 11) is 1.62. The van der Waals surface area contributed by atoms with Gasteiger partial charge >= 0.3 is 6.03 Å². The van der Waals surface area contributed by atoms with Gasteiger partial charge in [-0.25, -0.2) is 25.7 Å². The number of benzene rings is 3. The highest BCUT2D eigenvalue weighted by Crippen LogP contribution is 2.26. The van der Waals surface area contributed by atoms with Crippen LogP contribution in [0.25, 0.3) is 0 Å². The van der Waals surface area contributed by atoms with Crippen LogP contribution in [0.1, 0.15) is 11.7 Å². The maximum atomic E-state index is 13.2. The Morgan fingerprint density at radius 1 is 0.741 bits per heavy atom. The SMILES string of the molecule is COc1ccc(N2NC(c3ccccc3)NN(c3ccccc3)C2=O)cc1. The van der Waals surface area contributed by atoms with Crippen molar-refractivity contribution in [2.45, 2.75) is 6.17 Å². The van der Waals surface area contributed by atoms with Crippen LogP contribution in [0.3, 0.4) is 0 Å². The van der Waals surface area contributed by atoms with E-state index in [1.54, 1.807) is 17.1 Å². The summed E-state index contributed by atoms with van der Waals surface area (Å²) >= 11 is 0. The van der Waals surface area contributed by atoms with E-state index in [0.29, 0.717) is 0 Å². The van der Waals surface area contributed by atoms with Crippen LogP contribution < -0.4 is 25.6 Å². The zero-order valence-electron chi connectivity index (χ0n) is 14.9. The number of urea groups is 1. The van der Waals surface area contributed by atoms with Gasteiger partial charge in [0, 0.05) is 0 Å². The van der Waals surface area contributed by atoms with Gasteiger partial charge < -0.3 is 4.74 Å². The van der Waals surface area contributed by atoms with Crippen LogP contribution in [0, 0.1) is 0 Å². The van der Waals surface area contributed by atoms with E-state index in [1.807, 2.05) is 84.9 Å². The molecule has 4 rings (SSSR count). The monoisotopic (exact) mass is 360 g/mol. The lowest BCUT2D eigenvalue weighted by Gasteiger charge is -2.41. The number of ether oxygens (including phenoxy) is 1. The standard InChI is InChI=1S/C21H20N4O2/c1-27-19-14-12-18(13-15-19)25-21(26)24(17-10-6-3-7-11-17)22-20(23-25)16-8-4-2-5-9-16/h2-15,20,22-23H,1H3. The van der Waals surface area contributed by atoms with Crippen molar-refractivity contribution >= 4 is 17.4 Å². The number of methoxy groups -OCH3 is 1. The Labute approximate surface area is 157 Å². The van der Waals surface area contributed by atoms with Crippen LogP contribution in [0.2, 0.25) is 0 Å². The van der Waals surface area contributed by atoms with Gasteiger partial charge in [0.15, 0.2) is 0 Å². The van der Waals surface area contributed by atoms with Gasteiger partial charge in [-0.15, -0.1) is 0 Å². The molecule has 0 aromatic heterocycles. The molecule has 0 spiro atoms. The number of para-hydroxylation sites is 1. The molecule has 0 radical (unpaired) electrons. The molecule has 27 heavy (non-hydrogen) atoms. The predicted octanol–water partition coefficient (Wildman–Crippen LogP) is 3.85. The fourth-order valence-electron chi connectivity index (χ4n) is 2.97. The molecule has 1 fully saturated rings. The average Bonchev–Trinajstić information content (AvgIpc) is 2.75. The Hall–Kier alpha value is -3.35. The maximum Gasteiger partial charge on any atom is 0.358 e. The van der Waals surface area contributed by atoms with Crippen LogP contribution in [0.15, 0.2) is 84.9 Å². The molecule has 3 aromatic rings. The van der Waals surface area contributed by atoms with Crippen molar-refractivity contribution in [3.8, 4) is 5.75 Å². The van der Waals surface area contributed by atoms with Crippen LogP contribution in [-0.4, -0.2) is 13.1 Å². The van der Waals surface area contributed by atoms with Gasteiger partial charge in [-0.3, -0.25) is 0 Å². The molecule has 136 valence electrons. The molecule has 0 saturated carbocycles. The summed E-state index contributed by atoms with van der Waals surface area (Å²) in [4.78, 5) is 13.2. The second-order valence-electron chi connectivity index (χ2n) is 6.09. The molecule has 0 aliphatic carbocycles. The summed E-state index contributed by atoms with van der Waals surface area (Å²) in [5.74, 6) is 0.737. The fourth-order valence-corrected chi connectivity index (χ4v) is 2.97. The summed E-state index contributed by atoms with van der Waals surface area (Å²) in [6.07, 6.45) is -0.272. The summed E-state index contributed by atoms with van der Waals surface area (Å²) < 4.78 is 5.22. The molecule has 1 atom stereocenters. The molecular formula is C21H20N4O2. The van der Waals surface area contributed by atoms with Crippen molar-refractivity contribution in [2.75, 3.05) is 17.1 Å². The molecule has 0 bridgehead atoms. The molecule has 1 aliphatic heterocycles. The number of nitrogens with one attached hydrogen (secondary N) is 2. The minimum Gasteiger partial charge on any atom is -0.497 e. The summed E-state index contributed by atoms with van der Waals surface area (Å²) in [5.41, 5.74) is 9.04. The van der Waals surface area contributed by atoms with Gasteiger partial charge in [0.25, 0.3) is 0 Å². The molecular weight excluding hydrogens is 340 g/mol. The molecule has 1 heterocycles. The van der Waals surface area contributed by atoms with Crippen LogP contribution in [0.4, 0.5) is 16.2 Å². The van der Waals surface area contributed by atoms with Crippen molar-refractivity contribution in [3.05, 3.63) is 90.5 Å². The highest BCUT2D eigenvalue weighted by atomic mass is 16.5. The Bertz CT molecular complexity index is 900. The third kappa shape index (κ3) is 3.48. The topological polar surface area (TPSA) is 56.8 Å². The highest BCUT2D eigenvalue weighted by Gasteiger charge is 2.33. The van der Waals surface area contributed by atoms with E-state index in [1.165, 1.54) is 0 Å². The molecule has 1 aliphatic rings. The smallest absolute Gasteiger partial charge is 0.358 e. The minimum atomic E-state index is -0.272. The number of carbonyl (C=O) groups is 1. The van der Waals surface area contributed by atoms with Crippen LogP contribution in [-0.2, 0) is 0 Å². The first kappa shape index (κ1) is 17.1. The third-order valence-corrected chi connectivity index (χ3v) is 4.38. The Morgan fingerprint density at radius 3 is 1.81 bits per heavy atom. The normalized spacial score (nSPS) is 17.1. The molecule has 2 amide bonds. The van der Waals surface area contributed by atoms with E-state index < -0.39 is 0 Å². The van der Waals surface area contributed by atoms with Gasteiger partial charge in [0.05, 0.1) is 18.5 Å². The number of amides is 2. The fraction of sp³-hybridized carbons (Fsp3) is 0.0952. The first-order valence-electron chi connectivity index (χ1n) is 8.67. The quantitative estimate of drug-likeness (QED) is 0.742. The van der Waals surface area contributed by atoms with E-state index in [4.69, 9.17) is 4.74 Å². The molecule has 1 saturated heterocycles. The van der Waals surface area contributed by atoms with E-state index in [2.05, 4.69) is 10.9 Å². The lowest BCUT2D eigenvalue weighted by atomic mass is 10.2. The van der Waals surface area contributed by atoms with Crippen molar-refractivity contribution in [3.63, 3.8) is 0 Å². The summed E-state index contributed by atoms with van der Waals surface area (Å²) in [5, 5.41) is 3.10. The van der Waals surface area contributed by atoms with Crippen LogP contribution in [0.5, 0.6) is 5.75 Å². The van der Waals surface area contributed by atoms with Gasteiger partial charge in [-0.1, -0.05) is 48.5 Å². The van der Waals surface area contributed by atoms with Crippen molar-refractivity contribution < 1.29 is 9.53 Å². The second kappa shape index (κ2) is 7.49. The minimum absolute atomic E-state index is 0.224. The summed E-state index contributed by atoms with van der Waals surface area (Å²) in [6.45, 7) is 0. The number of hydrazine groups is 2. The van der Waals surface area contributed by atoms with Crippen molar-refractivity contribution in [1.82, 2.24) is 10.9 Å². The molecule has 1 unspecified atom stereocenters. The molecule has 6 nitrogen and oxygen atoms in total. The highest BCUT2D eigenvalue weighted by molar-refractivity contribution is 6.03. The first-order valence-corrected chi connectivity index (χ1v) is 8.67. The first-order chi connectivity index (χ1) is 13.3. The Morgan fingerprint density at radius 2 is 1.26 bits per heavy atom. The lowest BCUT2D eigenvalue weighted by Crippen LogP contribution is -2.65. The third-order valence-electron chi connectivity index (χ3n) is 4.38. The van der Waals surface area contributed by atoms with Crippen LogP contribution >= 0.6 is 0 Å². The largest absolute Gasteiger partial charge is 0.497 e. The van der Waals surface area contributed by atoms with E-state index in [9.17, 15) is 4.79 Å². The second-order valence-corrected chi connectivity index (χ2v) is 6.09.